The second-order valence-corrected chi connectivity index (χ2v) is 6.63. The van der Waals surface area contributed by atoms with E-state index in [4.69, 9.17) is 4.74 Å². The standard InChI is InChI=1S/C18H27NO/c1-13(15-5-4-8-18(12-15)20-2)19-17-7-3-6-16(11-17)14-9-10-14/h4-5,8,12-14,16-17,19H,3,6-7,9-11H2,1-2H3/t13-,16?,17?/m0/s1. The number of methoxy groups -OCH3 is 1. The summed E-state index contributed by atoms with van der Waals surface area (Å²) in [5.74, 6) is 3.01. The third kappa shape index (κ3) is 3.35. The molecule has 0 aromatic heterocycles. The molecule has 0 amide bonds. The maximum atomic E-state index is 5.32. The summed E-state index contributed by atoms with van der Waals surface area (Å²) in [7, 11) is 1.73. The molecule has 0 bridgehead atoms. The lowest BCUT2D eigenvalue weighted by molar-refractivity contribution is 0.249. The van der Waals surface area contributed by atoms with E-state index in [1.807, 2.05) is 6.07 Å². The van der Waals surface area contributed by atoms with E-state index in [0.29, 0.717) is 12.1 Å². The molecule has 1 aromatic carbocycles. The van der Waals surface area contributed by atoms with Crippen LogP contribution in [0.25, 0.3) is 0 Å². The van der Waals surface area contributed by atoms with E-state index in [2.05, 4.69) is 30.4 Å². The normalized spacial score (nSPS) is 28.1. The van der Waals surface area contributed by atoms with Gasteiger partial charge in [0.1, 0.15) is 5.75 Å². The minimum absolute atomic E-state index is 0.410. The molecule has 1 N–H and O–H groups in total. The van der Waals surface area contributed by atoms with Gasteiger partial charge < -0.3 is 10.1 Å². The Balaban J connectivity index is 1.58. The number of hydrogen-bond acceptors (Lipinski definition) is 2. The van der Waals surface area contributed by atoms with Gasteiger partial charge in [-0.15, -0.1) is 0 Å². The molecule has 2 nitrogen and oxygen atoms in total. The van der Waals surface area contributed by atoms with Gasteiger partial charge in [0.25, 0.3) is 0 Å². The second-order valence-electron chi connectivity index (χ2n) is 6.63. The predicted octanol–water partition coefficient (Wildman–Crippen LogP) is 4.31. The Kier molecular flexibility index (Phi) is 4.30. The van der Waals surface area contributed by atoms with Gasteiger partial charge in [0.2, 0.25) is 0 Å². The van der Waals surface area contributed by atoms with E-state index in [-0.39, 0.29) is 0 Å². The molecule has 2 aliphatic carbocycles. The molecule has 2 saturated carbocycles. The Morgan fingerprint density at radius 3 is 2.75 bits per heavy atom. The van der Waals surface area contributed by atoms with Crippen LogP contribution in [-0.2, 0) is 0 Å². The van der Waals surface area contributed by atoms with Gasteiger partial charge in [-0.3, -0.25) is 0 Å². The molecular weight excluding hydrogens is 246 g/mol. The van der Waals surface area contributed by atoms with Crippen LogP contribution in [0.2, 0.25) is 0 Å². The number of benzene rings is 1. The molecule has 0 spiro atoms. The van der Waals surface area contributed by atoms with Gasteiger partial charge in [-0.1, -0.05) is 25.0 Å². The average Bonchev–Trinajstić information content (AvgIpc) is 3.32. The van der Waals surface area contributed by atoms with Crippen LogP contribution >= 0.6 is 0 Å². The molecule has 2 fully saturated rings. The third-order valence-electron chi connectivity index (χ3n) is 5.08. The van der Waals surface area contributed by atoms with Crippen LogP contribution in [0.1, 0.15) is 57.1 Å². The number of nitrogens with one attached hydrogen (secondary N) is 1. The third-order valence-corrected chi connectivity index (χ3v) is 5.08. The van der Waals surface area contributed by atoms with Crippen molar-refractivity contribution in [3.05, 3.63) is 29.8 Å². The van der Waals surface area contributed by atoms with E-state index in [9.17, 15) is 0 Å². The van der Waals surface area contributed by atoms with Crippen molar-refractivity contribution in [3.63, 3.8) is 0 Å². The Bertz CT molecular complexity index is 441. The molecule has 20 heavy (non-hydrogen) atoms. The maximum absolute atomic E-state index is 5.32. The monoisotopic (exact) mass is 273 g/mol. The smallest absolute Gasteiger partial charge is 0.119 e. The van der Waals surface area contributed by atoms with Crippen molar-refractivity contribution in [2.45, 2.75) is 57.5 Å². The van der Waals surface area contributed by atoms with Gasteiger partial charge in [0.05, 0.1) is 7.11 Å². The zero-order valence-corrected chi connectivity index (χ0v) is 12.8. The van der Waals surface area contributed by atoms with Crippen LogP contribution in [0, 0.1) is 11.8 Å². The summed E-state index contributed by atoms with van der Waals surface area (Å²) in [6.45, 7) is 2.27. The fourth-order valence-corrected chi connectivity index (χ4v) is 3.74. The molecule has 0 aliphatic heterocycles. The molecule has 0 radical (unpaired) electrons. The number of hydrogen-bond donors (Lipinski definition) is 1. The lowest BCUT2D eigenvalue weighted by Crippen LogP contribution is -2.36. The highest BCUT2D eigenvalue weighted by Gasteiger charge is 2.34. The van der Waals surface area contributed by atoms with Crippen LogP contribution in [0.5, 0.6) is 5.75 Å². The first-order valence-electron chi connectivity index (χ1n) is 8.16. The Labute approximate surface area is 122 Å². The van der Waals surface area contributed by atoms with Gasteiger partial charge in [-0.05, 0) is 62.1 Å². The van der Waals surface area contributed by atoms with Crippen LogP contribution in [-0.4, -0.2) is 13.2 Å². The summed E-state index contributed by atoms with van der Waals surface area (Å²) < 4.78 is 5.32. The second kappa shape index (κ2) is 6.17. The Morgan fingerprint density at radius 2 is 2.00 bits per heavy atom. The highest BCUT2D eigenvalue weighted by molar-refractivity contribution is 5.30. The molecule has 1 aromatic rings. The van der Waals surface area contributed by atoms with Gasteiger partial charge in [-0.25, -0.2) is 0 Å². The zero-order valence-electron chi connectivity index (χ0n) is 12.8. The van der Waals surface area contributed by atoms with E-state index in [1.165, 1.54) is 44.1 Å². The highest BCUT2D eigenvalue weighted by Crippen LogP contribution is 2.44. The lowest BCUT2D eigenvalue weighted by atomic mass is 9.82. The molecule has 0 saturated heterocycles. The first kappa shape index (κ1) is 13.9. The maximum Gasteiger partial charge on any atom is 0.119 e. The first-order chi connectivity index (χ1) is 9.76. The minimum Gasteiger partial charge on any atom is -0.497 e. The van der Waals surface area contributed by atoms with Crippen molar-refractivity contribution in [1.82, 2.24) is 5.32 Å². The van der Waals surface area contributed by atoms with Gasteiger partial charge in [0.15, 0.2) is 0 Å². The average molecular weight is 273 g/mol. The molecular formula is C18H27NO. The fourth-order valence-electron chi connectivity index (χ4n) is 3.74. The number of ether oxygens (including phenoxy) is 1. The quantitative estimate of drug-likeness (QED) is 0.863. The molecule has 3 rings (SSSR count). The molecule has 2 aliphatic rings. The summed E-state index contributed by atoms with van der Waals surface area (Å²) in [4.78, 5) is 0. The van der Waals surface area contributed by atoms with Crippen LogP contribution in [0.15, 0.2) is 24.3 Å². The summed E-state index contributed by atoms with van der Waals surface area (Å²) in [6, 6.07) is 9.56. The van der Waals surface area contributed by atoms with Gasteiger partial charge in [0, 0.05) is 12.1 Å². The van der Waals surface area contributed by atoms with Crippen molar-refractivity contribution >= 4 is 0 Å². The Hall–Kier alpha value is -1.02. The summed E-state index contributed by atoms with van der Waals surface area (Å²) in [5, 5.41) is 3.84. The zero-order chi connectivity index (χ0) is 13.9. The summed E-state index contributed by atoms with van der Waals surface area (Å²) in [5.41, 5.74) is 1.33. The van der Waals surface area contributed by atoms with Crippen molar-refractivity contribution in [2.24, 2.45) is 11.8 Å². The summed E-state index contributed by atoms with van der Waals surface area (Å²) >= 11 is 0. The SMILES string of the molecule is COc1cccc([C@H](C)NC2CCCC(C3CC3)C2)c1. The van der Waals surface area contributed by atoms with E-state index in [1.54, 1.807) is 7.11 Å². The van der Waals surface area contributed by atoms with Crippen molar-refractivity contribution < 1.29 is 4.74 Å². The van der Waals surface area contributed by atoms with E-state index in [0.717, 1.165) is 17.6 Å². The largest absolute Gasteiger partial charge is 0.497 e. The Morgan fingerprint density at radius 1 is 1.15 bits per heavy atom. The minimum atomic E-state index is 0.410. The van der Waals surface area contributed by atoms with E-state index < -0.39 is 0 Å². The molecule has 2 unspecified atom stereocenters. The van der Waals surface area contributed by atoms with Gasteiger partial charge in [-0.2, -0.15) is 0 Å². The van der Waals surface area contributed by atoms with Crippen LogP contribution in [0.4, 0.5) is 0 Å². The molecule has 0 heterocycles. The highest BCUT2D eigenvalue weighted by atomic mass is 16.5. The molecule has 2 heteroatoms. The molecule has 3 atom stereocenters. The summed E-state index contributed by atoms with van der Waals surface area (Å²) in [6.07, 6.45) is 8.59. The fraction of sp³-hybridized carbons (Fsp3) is 0.667. The predicted molar refractivity (Wildman–Crippen MR) is 83.0 cm³/mol. The van der Waals surface area contributed by atoms with Crippen molar-refractivity contribution in [3.8, 4) is 5.75 Å². The first-order valence-corrected chi connectivity index (χ1v) is 8.16. The van der Waals surface area contributed by atoms with E-state index >= 15 is 0 Å². The number of rotatable bonds is 5. The topological polar surface area (TPSA) is 21.3 Å². The van der Waals surface area contributed by atoms with Crippen LogP contribution in [0.3, 0.4) is 0 Å². The van der Waals surface area contributed by atoms with Crippen molar-refractivity contribution in [1.29, 1.82) is 0 Å². The van der Waals surface area contributed by atoms with Crippen LogP contribution < -0.4 is 10.1 Å². The van der Waals surface area contributed by atoms with Crippen molar-refractivity contribution in [2.75, 3.05) is 7.11 Å². The molecule has 110 valence electrons. The van der Waals surface area contributed by atoms with Gasteiger partial charge >= 0.3 is 0 Å². The lowest BCUT2D eigenvalue weighted by Gasteiger charge is -2.32.